The molecular weight excluding hydrogens is 239 g/mol. The van der Waals surface area contributed by atoms with E-state index in [1.54, 1.807) is 7.11 Å². The van der Waals surface area contributed by atoms with Crippen LogP contribution in [0.2, 0.25) is 0 Å². The monoisotopic (exact) mass is 248 g/mol. The molecule has 0 aliphatic rings. The molecule has 12 heavy (non-hydrogen) atoms. The second-order valence-electron chi connectivity index (χ2n) is 2.41. The molecule has 0 aliphatic carbocycles. The van der Waals surface area contributed by atoms with E-state index in [1.165, 1.54) is 0 Å². The van der Waals surface area contributed by atoms with Gasteiger partial charge in [-0.15, -0.1) is 11.6 Å². The first-order valence-corrected chi connectivity index (χ1v) is 5.25. The number of benzene rings is 1. The number of rotatable bonds is 3. The fourth-order valence-corrected chi connectivity index (χ4v) is 1.62. The smallest absolute Gasteiger partial charge is 0.122 e. The summed E-state index contributed by atoms with van der Waals surface area (Å²) >= 11 is 9.08. The standard InChI is InChI=1S/C9H10BrClO/c1-12-9-3-2-7(6-11)4-8(9)5-10/h2-4H,5-6H2,1H3. The van der Waals surface area contributed by atoms with Gasteiger partial charge in [0, 0.05) is 16.8 Å². The lowest BCUT2D eigenvalue weighted by molar-refractivity contribution is 0.411. The minimum atomic E-state index is 0.546. The lowest BCUT2D eigenvalue weighted by atomic mass is 10.1. The maximum Gasteiger partial charge on any atom is 0.122 e. The topological polar surface area (TPSA) is 9.23 Å². The molecule has 0 aromatic heterocycles. The number of alkyl halides is 2. The van der Waals surface area contributed by atoms with E-state index >= 15 is 0 Å². The zero-order valence-electron chi connectivity index (χ0n) is 6.81. The fourth-order valence-electron chi connectivity index (χ4n) is 1.02. The summed E-state index contributed by atoms with van der Waals surface area (Å²) in [6.07, 6.45) is 0. The molecule has 66 valence electrons. The molecule has 0 fully saturated rings. The van der Waals surface area contributed by atoms with Crippen molar-refractivity contribution >= 4 is 27.5 Å². The Morgan fingerprint density at radius 2 is 2.25 bits per heavy atom. The van der Waals surface area contributed by atoms with Crippen molar-refractivity contribution in [3.05, 3.63) is 29.3 Å². The molecule has 0 saturated heterocycles. The summed E-state index contributed by atoms with van der Waals surface area (Å²) in [6.45, 7) is 0. The van der Waals surface area contributed by atoms with Crippen molar-refractivity contribution in [1.29, 1.82) is 0 Å². The minimum absolute atomic E-state index is 0.546. The van der Waals surface area contributed by atoms with Gasteiger partial charge in [0.25, 0.3) is 0 Å². The van der Waals surface area contributed by atoms with E-state index in [4.69, 9.17) is 16.3 Å². The molecule has 3 heteroatoms. The zero-order valence-corrected chi connectivity index (χ0v) is 9.15. The van der Waals surface area contributed by atoms with E-state index in [2.05, 4.69) is 15.9 Å². The van der Waals surface area contributed by atoms with Crippen molar-refractivity contribution in [2.45, 2.75) is 11.2 Å². The second kappa shape index (κ2) is 4.73. The van der Waals surface area contributed by atoms with Gasteiger partial charge in [0.15, 0.2) is 0 Å². The predicted octanol–water partition coefficient (Wildman–Crippen LogP) is 3.33. The van der Waals surface area contributed by atoms with Crippen molar-refractivity contribution < 1.29 is 4.74 Å². The predicted molar refractivity (Wildman–Crippen MR) is 55.2 cm³/mol. The van der Waals surface area contributed by atoms with Crippen LogP contribution < -0.4 is 4.74 Å². The van der Waals surface area contributed by atoms with Gasteiger partial charge < -0.3 is 4.74 Å². The zero-order chi connectivity index (χ0) is 8.97. The molecule has 0 N–H and O–H groups in total. The van der Waals surface area contributed by atoms with Crippen LogP contribution in [0.15, 0.2) is 18.2 Å². The van der Waals surface area contributed by atoms with E-state index < -0.39 is 0 Å². The molecule has 1 rings (SSSR count). The van der Waals surface area contributed by atoms with E-state index in [1.807, 2.05) is 18.2 Å². The summed E-state index contributed by atoms with van der Waals surface area (Å²) in [5, 5.41) is 0.793. The molecule has 0 radical (unpaired) electrons. The van der Waals surface area contributed by atoms with Crippen LogP contribution in [-0.4, -0.2) is 7.11 Å². The Morgan fingerprint density at radius 3 is 2.75 bits per heavy atom. The van der Waals surface area contributed by atoms with Crippen LogP contribution in [0.25, 0.3) is 0 Å². The summed E-state index contributed by atoms with van der Waals surface area (Å²) < 4.78 is 5.16. The van der Waals surface area contributed by atoms with Gasteiger partial charge in [0.05, 0.1) is 7.11 Å². The molecule has 0 amide bonds. The molecule has 0 saturated carbocycles. The molecule has 0 heterocycles. The molecule has 0 bridgehead atoms. The molecule has 0 unspecified atom stereocenters. The first kappa shape index (κ1) is 9.87. The van der Waals surface area contributed by atoms with Gasteiger partial charge in [0.2, 0.25) is 0 Å². The van der Waals surface area contributed by atoms with Crippen LogP contribution >= 0.6 is 27.5 Å². The van der Waals surface area contributed by atoms with E-state index in [-0.39, 0.29) is 0 Å². The van der Waals surface area contributed by atoms with Crippen LogP contribution in [0.1, 0.15) is 11.1 Å². The average Bonchev–Trinajstić information content (AvgIpc) is 2.16. The van der Waals surface area contributed by atoms with Gasteiger partial charge in [-0.05, 0) is 11.6 Å². The van der Waals surface area contributed by atoms with Crippen LogP contribution in [0.5, 0.6) is 5.75 Å². The van der Waals surface area contributed by atoms with Crippen molar-refractivity contribution in [2.75, 3.05) is 7.11 Å². The Balaban J connectivity index is 3.02. The van der Waals surface area contributed by atoms with Gasteiger partial charge in [-0.1, -0.05) is 28.1 Å². The lowest BCUT2D eigenvalue weighted by Crippen LogP contribution is -1.90. The Kier molecular flexibility index (Phi) is 3.89. The molecular formula is C9H10BrClO. The summed E-state index contributed by atoms with van der Waals surface area (Å²) in [5.41, 5.74) is 2.25. The van der Waals surface area contributed by atoms with Gasteiger partial charge >= 0.3 is 0 Å². The Morgan fingerprint density at radius 1 is 1.50 bits per heavy atom. The number of hydrogen-bond donors (Lipinski definition) is 0. The first-order valence-electron chi connectivity index (χ1n) is 3.59. The average molecular weight is 250 g/mol. The first-order chi connectivity index (χ1) is 5.81. The van der Waals surface area contributed by atoms with Crippen molar-refractivity contribution in [3.8, 4) is 5.75 Å². The van der Waals surface area contributed by atoms with Crippen molar-refractivity contribution in [3.63, 3.8) is 0 Å². The third kappa shape index (κ3) is 2.14. The lowest BCUT2D eigenvalue weighted by Gasteiger charge is -2.06. The van der Waals surface area contributed by atoms with Gasteiger partial charge in [-0.3, -0.25) is 0 Å². The molecule has 1 aromatic carbocycles. The largest absolute Gasteiger partial charge is 0.496 e. The quantitative estimate of drug-likeness (QED) is 0.747. The molecule has 1 aromatic rings. The third-order valence-corrected chi connectivity index (χ3v) is 2.56. The van der Waals surface area contributed by atoms with Gasteiger partial charge in [0.1, 0.15) is 5.75 Å². The van der Waals surface area contributed by atoms with Crippen LogP contribution in [0, 0.1) is 0 Å². The normalized spacial score (nSPS) is 9.92. The van der Waals surface area contributed by atoms with Crippen LogP contribution in [0.4, 0.5) is 0 Å². The molecule has 0 spiro atoms. The number of methoxy groups -OCH3 is 1. The van der Waals surface area contributed by atoms with Crippen LogP contribution in [0.3, 0.4) is 0 Å². The van der Waals surface area contributed by atoms with E-state index in [9.17, 15) is 0 Å². The fraction of sp³-hybridized carbons (Fsp3) is 0.333. The van der Waals surface area contributed by atoms with Gasteiger partial charge in [-0.2, -0.15) is 0 Å². The third-order valence-electron chi connectivity index (χ3n) is 1.64. The number of ether oxygens (including phenoxy) is 1. The number of halogens is 2. The Labute approximate surface area is 85.8 Å². The molecule has 0 atom stereocenters. The summed E-state index contributed by atoms with van der Waals surface area (Å²) in [7, 11) is 1.67. The van der Waals surface area contributed by atoms with Crippen molar-refractivity contribution in [1.82, 2.24) is 0 Å². The summed E-state index contributed by atoms with van der Waals surface area (Å²) in [4.78, 5) is 0. The highest BCUT2D eigenvalue weighted by atomic mass is 79.9. The maximum absolute atomic E-state index is 5.70. The van der Waals surface area contributed by atoms with E-state index in [0.717, 1.165) is 22.2 Å². The summed E-state index contributed by atoms with van der Waals surface area (Å²) in [6, 6.07) is 5.95. The van der Waals surface area contributed by atoms with Crippen LogP contribution in [-0.2, 0) is 11.2 Å². The second-order valence-corrected chi connectivity index (χ2v) is 3.24. The number of hydrogen-bond acceptors (Lipinski definition) is 1. The highest BCUT2D eigenvalue weighted by molar-refractivity contribution is 9.08. The SMILES string of the molecule is COc1ccc(CCl)cc1CBr. The highest BCUT2D eigenvalue weighted by Crippen LogP contribution is 2.22. The highest BCUT2D eigenvalue weighted by Gasteiger charge is 2.01. The molecule has 1 nitrogen and oxygen atoms in total. The van der Waals surface area contributed by atoms with Crippen molar-refractivity contribution in [2.24, 2.45) is 0 Å². The maximum atomic E-state index is 5.70. The molecule has 0 aliphatic heterocycles. The minimum Gasteiger partial charge on any atom is -0.496 e. The Hall–Kier alpha value is -0.210. The van der Waals surface area contributed by atoms with E-state index in [0.29, 0.717) is 5.88 Å². The summed E-state index contributed by atoms with van der Waals surface area (Å²) in [5.74, 6) is 1.45. The van der Waals surface area contributed by atoms with Gasteiger partial charge in [-0.25, -0.2) is 0 Å². The Bertz CT molecular complexity index is 263.